The number of fused-ring (bicyclic) bond motifs is 1. The lowest BCUT2D eigenvalue weighted by molar-refractivity contribution is -0.120. The van der Waals surface area contributed by atoms with Gasteiger partial charge in [-0.1, -0.05) is 32.3 Å². The van der Waals surface area contributed by atoms with Gasteiger partial charge in [0.15, 0.2) is 0 Å². The molecule has 1 N–H and O–H groups in total. The van der Waals surface area contributed by atoms with E-state index in [-0.39, 0.29) is 18.1 Å². The summed E-state index contributed by atoms with van der Waals surface area (Å²) in [6.07, 6.45) is 6.73. The molecule has 0 atom stereocenters. The summed E-state index contributed by atoms with van der Waals surface area (Å²) in [5, 5.41) is 3.02. The molecule has 0 bridgehead atoms. The maximum Gasteiger partial charge on any atom is 0.226 e. The van der Waals surface area contributed by atoms with Gasteiger partial charge in [0.1, 0.15) is 11.5 Å². The molecule has 0 unspecified atom stereocenters. The van der Waals surface area contributed by atoms with Gasteiger partial charge in [0.05, 0.1) is 17.8 Å². The molecule has 1 amide bonds. The maximum atomic E-state index is 13.7. The van der Waals surface area contributed by atoms with Crippen LogP contribution >= 0.6 is 0 Å². The molecule has 0 fully saturated rings. The van der Waals surface area contributed by atoms with Gasteiger partial charge >= 0.3 is 0 Å². The fourth-order valence-corrected chi connectivity index (χ4v) is 3.39. The van der Waals surface area contributed by atoms with Gasteiger partial charge in [-0.15, -0.1) is 0 Å². The number of carbonyl (C=O) groups excluding carboxylic acids is 1. The summed E-state index contributed by atoms with van der Waals surface area (Å²) in [7, 11) is 0. The van der Waals surface area contributed by atoms with E-state index in [0.29, 0.717) is 12.1 Å². The van der Waals surface area contributed by atoms with Crippen LogP contribution in [0.5, 0.6) is 0 Å². The molecule has 2 heterocycles. The van der Waals surface area contributed by atoms with Crippen molar-refractivity contribution in [1.29, 1.82) is 0 Å². The molecule has 3 aromatic rings. The number of halogens is 1. The van der Waals surface area contributed by atoms with Gasteiger partial charge in [0.2, 0.25) is 5.91 Å². The molecule has 0 aliphatic carbocycles. The first-order valence-electron chi connectivity index (χ1n) is 10.0. The molecule has 3 rings (SSSR count). The first-order chi connectivity index (χ1) is 13.5. The van der Waals surface area contributed by atoms with Crippen molar-refractivity contribution in [2.75, 3.05) is 6.54 Å². The number of pyridine rings is 1. The predicted molar refractivity (Wildman–Crippen MR) is 111 cm³/mol. The smallest absolute Gasteiger partial charge is 0.226 e. The summed E-state index contributed by atoms with van der Waals surface area (Å²) in [5.41, 5.74) is 4.83. The van der Waals surface area contributed by atoms with E-state index >= 15 is 0 Å². The zero-order valence-electron chi connectivity index (χ0n) is 16.9. The van der Waals surface area contributed by atoms with Crippen LogP contribution in [0.4, 0.5) is 4.39 Å². The lowest BCUT2D eigenvalue weighted by atomic mass is 10.1. The zero-order chi connectivity index (χ0) is 20.1. The van der Waals surface area contributed by atoms with Crippen molar-refractivity contribution in [3.8, 4) is 11.3 Å². The van der Waals surface area contributed by atoms with Crippen LogP contribution in [0.3, 0.4) is 0 Å². The Hall–Kier alpha value is -2.69. The maximum absolute atomic E-state index is 13.7. The molecule has 0 saturated carbocycles. The number of hydrogen-bond donors (Lipinski definition) is 1. The minimum Gasteiger partial charge on any atom is -0.356 e. The van der Waals surface area contributed by atoms with Gasteiger partial charge in [0, 0.05) is 18.3 Å². The number of nitrogens with one attached hydrogen (secondary N) is 1. The Morgan fingerprint density at radius 2 is 1.96 bits per heavy atom. The van der Waals surface area contributed by atoms with Crippen LogP contribution in [-0.2, 0) is 11.2 Å². The molecule has 0 radical (unpaired) electrons. The number of imidazole rings is 1. The highest BCUT2D eigenvalue weighted by Gasteiger charge is 2.17. The fourth-order valence-electron chi connectivity index (χ4n) is 3.39. The first kappa shape index (κ1) is 20.1. The molecule has 1 aromatic carbocycles. The zero-order valence-corrected chi connectivity index (χ0v) is 16.9. The third-order valence-electron chi connectivity index (χ3n) is 4.98. The second-order valence-electron chi connectivity index (χ2n) is 7.39. The van der Waals surface area contributed by atoms with E-state index in [0.717, 1.165) is 41.0 Å². The molecule has 0 aliphatic heterocycles. The normalized spacial score (nSPS) is 11.1. The Kier molecular flexibility index (Phi) is 6.45. The topological polar surface area (TPSA) is 46.4 Å². The van der Waals surface area contributed by atoms with E-state index in [2.05, 4.69) is 12.2 Å². The number of aromatic nitrogens is 2. The quantitative estimate of drug-likeness (QED) is 0.558. The Morgan fingerprint density at radius 3 is 2.71 bits per heavy atom. The molecular formula is C23H28FN3O. The van der Waals surface area contributed by atoms with E-state index in [1.807, 2.05) is 29.7 Å². The van der Waals surface area contributed by atoms with Crippen molar-refractivity contribution in [2.45, 2.75) is 52.9 Å². The number of carbonyl (C=O) groups is 1. The Bertz CT molecular complexity index is 977. The summed E-state index contributed by atoms with van der Waals surface area (Å²) in [6, 6.07) is 8.91. The monoisotopic (exact) mass is 381 g/mol. The lowest BCUT2D eigenvalue weighted by Gasteiger charge is -2.08. The number of unbranched alkanes of at least 4 members (excludes halogenated alkanes) is 3. The van der Waals surface area contributed by atoms with Crippen molar-refractivity contribution >= 4 is 11.6 Å². The van der Waals surface area contributed by atoms with E-state index in [1.54, 1.807) is 19.1 Å². The van der Waals surface area contributed by atoms with Gasteiger partial charge in [-0.3, -0.25) is 4.79 Å². The van der Waals surface area contributed by atoms with Crippen molar-refractivity contribution in [3.63, 3.8) is 0 Å². The summed E-state index contributed by atoms with van der Waals surface area (Å²) in [5.74, 6) is -0.255. The standard InChI is InChI=1S/C23H28FN3O/c1-4-5-6-7-12-25-22(28)14-20-23(18-9-10-19(24)17(3)13-18)26-21-11-8-16(2)15-27(20)21/h8-11,13,15H,4-7,12,14H2,1-3H3,(H,25,28). The van der Waals surface area contributed by atoms with Crippen molar-refractivity contribution in [1.82, 2.24) is 14.7 Å². The van der Waals surface area contributed by atoms with E-state index in [9.17, 15) is 9.18 Å². The highest BCUT2D eigenvalue weighted by atomic mass is 19.1. The van der Waals surface area contributed by atoms with E-state index in [1.165, 1.54) is 18.9 Å². The van der Waals surface area contributed by atoms with Crippen LogP contribution in [0.15, 0.2) is 36.5 Å². The molecule has 4 nitrogen and oxygen atoms in total. The van der Waals surface area contributed by atoms with E-state index < -0.39 is 0 Å². The predicted octanol–water partition coefficient (Wildman–Crippen LogP) is 5.00. The molecule has 0 spiro atoms. The van der Waals surface area contributed by atoms with Gasteiger partial charge in [-0.25, -0.2) is 9.37 Å². The van der Waals surface area contributed by atoms with Gasteiger partial charge in [-0.05, 0) is 55.7 Å². The highest BCUT2D eigenvalue weighted by molar-refractivity contribution is 5.81. The number of rotatable bonds is 8. The molecule has 5 heteroatoms. The number of benzene rings is 1. The summed E-state index contributed by atoms with van der Waals surface area (Å²) in [6.45, 7) is 6.61. The third-order valence-corrected chi connectivity index (χ3v) is 4.98. The Morgan fingerprint density at radius 1 is 1.14 bits per heavy atom. The average molecular weight is 381 g/mol. The number of amides is 1. The van der Waals surface area contributed by atoms with Crippen LogP contribution < -0.4 is 5.32 Å². The summed E-state index contributed by atoms with van der Waals surface area (Å²) >= 11 is 0. The minimum absolute atomic E-state index is 0.0140. The number of nitrogens with zero attached hydrogens (tertiary/aromatic N) is 2. The average Bonchev–Trinajstić information content (AvgIpc) is 3.01. The van der Waals surface area contributed by atoms with Crippen molar-refractivity contribution < 1.29 is 9.18 Å². The Labute approximate surface area is 165 Å². The van der Waals surface area contributed by atoms with Gasteiger partial charge < -0.3 is 9.72 Å². The van der Waals surface area contributed by atoms with Crippen LogP contribution in [0.2, 0.25) is 0 Å². The molecule has 0 aliphatic rings. The molecule has 28 heavy (non-hydrogen) atoms. The van der Waals surface area contributed by atoms with Crippen molar-refractivity contribution in [2.24, 2.45) is 0 Å². The highest BCUT2D eigenvalue weighted by Crippen LogP contribution is 2.27. The molecular weight excluding hydrogens is 353 g/mol. The summed E-state index contributed by atoms with van der Waals surface area (Å²) < 4.78 is 15.7. The van der Waals surface area contributed by atoms with Crippen LogP contribution in [-0.4, -0.2) is 21.8 Å². The van der Waals surface area contributed by atoms with E-state index in [4.69, 9.17) is 4.98 Å². The number of hydrogen-bond acceptors (Lipinski definition) is 2. The second kappa shape index (κ2) is 9.00. The molecule has 2 aromatic heterocycles. The second-order valence-corrected chi connectivity index (χ2v) is 7.39. The summed E-state index contributed by atoms with van der Waals surface area (Å²) in [4.78, 5) is 17.3. The first-order valence-corrected chi connectivity index (χ1v) is 10.0. The fraction of sp³-hybridized carbons (Fsp3) is 0.391. The minimum atomic E-state index is -0.241. The van der Waals surface area contributed by atoms with Crippen LogP contribution in [0.25, 0.3) is 16.9 Å². The molecule has 148 valence electrons. The molecule has 0 saturated heterocycles. The van der Waals surface area contributed by atoms with Crippen LogP contribution in [0, 0.1) is 19.7 Å². The van der Waals surface area contributed by atoms with Gasteiger partial charge in [-0.2, -0.15) is 0 Å². The Balaban J connectivity index is 1.89. The number of aryl methyl sites for hydroxylation is 2. The largest absolute Gasteiger partial charge is 0.356 e. The SMILES string of the molecule is CCCCCCNC(=O)Cc1c(-c2ccc(F)c(C)c2)nc2ccc(C)cn12. The third kappa shape index (κ3) is 4.58. The van der Waals surface area contributed by atoms with Crippen molar-refractivity contribution in [3.05, 3.63) is 59.2 Å². The van der Waals surface area contributed by atoms with Gasteiger partial charge in [0.25, 0.3) is 0 Å². The van der Waals surface area contributed by atoms with Crippen LogP contribution in [0.1, 0.15) is 49.4 Å². The lowest BCUT2D eigenvalue weighted by Crippen LogP contribution is -2.26.